The molecule has 0 fully saturated rings. The van der Waals surface area contributed by atoms with Crippen LogP contribution in [-0.4, -0.2) is 30.8 Å². The summed E-state index contributed by atoms with van der Waals surface area (Å²) < 4.78 is 57.5. The summed E-state index contributed by atoms with van der Waals surface area (Å²) in [7, 11) is 0. The van der Waals surface area contributed by atoms with E-state index in [9.17, 15) is 31.5 Å². The average Bonchev–Trinajstić information content (AvgIpc) is 2.01. The van der Waals surface area contributed by atoms with Gasteiger partial charge in [0.25, 0.3) is 6.43 Å². The average molecular weight is 219 g/mol. The van der Waals surface area contributed by atoms with E-state index in [1.54, 1.807) is 0 Å². The number of rotatable bonds is 4. The van der Waals surface area contributed by atoms with E-state index in [4.69, 9.17) is 0 Å². The van der Waals surface area contributed by atoms with Crippen LogP contribution in [-0.2, 0) is 9.59 Å². The van der Waals surface area contributed by atoms with Crippen molar-refractivity contribution in [2.75, 3.05) is 6.54 Å². The molecular formula is C6H6F5NO2. The molecule has 0 spiro atoms. The fraction of sp³-hybridized carbons (Fsp3) is 0.667. The van der Waals surface area contributed by atoms with Gasteiger partial charge in [-0.2, -0.15) is 13.2 Å². The van der Waals surface area contributed by atoms with E-state index in [1.807, 2.05) is 0 Å². The maximum Gasteiger partial charge on any atom is 0.471 e. The van der Waals surface area contributed by atoms with Crippen LogP contribution in [0, 0.1) is 0 Å². The van der Waals surface area contributed by atoms with E-state index in [0.29, 0.717) is 0 Å². The second kappa shape index (κ2) is 4.87. The van der Waals surface area contributed by atoms with Crippen LogP contribution in [0.2, 0.25) is 0 Å². The highest BCUT2D eigenvalue weighted by atomic mass is 19.4. The third-order valence-electron chi connectivity index (χ3n) is 1.16. The zero-order valence-corrected chi connectivity index (χ0v) is 6.70. The largest absolute Gasteiger partial charge is 0.471 e. The zero-order valence-electron chi connectivity index (χ0n) is 6.70. The Balaban J connectivity index is 3.76. The van der Waals surface area contributed by atoms with E-state index in [-0.39, 0.29) is 0 Å². The summed E-state index contributed by atoms with van der Waals surface area (Å²) in [5, 5.41) is 1.29. The van der Waals surface area contributed by atoms with Crippen molar-refractivity contribution in [3.63, 3.8) is 0 Å². The molecule has 0 unspecified atom stereocenters. The van der Waals surface area contributed by atoms with E-state index in [1.165, 1.54) is 5.32 Å². The molecule has 0 aromatic rings. The van der Waals surface area contributed by atoms with Gasteiger partial charge >= 0.3 is 12.1 Å². The second-order valence-corrected chi connectivity index (χ2v) is 2.27. The highest BCUT2D eigenvalue weighted by Crippen LogP contribution is 2.13. The fourth-order valence-corrected chi connectivity index (χ4v) is 0.509. The van der Waals surface area contributed by atoms with Crippen LogP contribution in [0.4, 0.5) is 22.0 Å². The Morgan fingerprint density at radius 3 is 2.07 bits per heavy atom. The topological polar surface area (TPSA) is 46.2 Å². The molecule has 0 aliphatic rings. The van der Waals surface area contributed by atoms with Crippen LogP contribution >= 0.6 is 0 Å². The minimum absolute atomic E-state index is 0.748. The molecule has 0 rings (SSSR count). The molecule has 0 saturated carbocycles. The lowest BCUT2D eigenvalue weighted by Crippen LogP contribution is -2.38. The number of carbonyl (C=O) groups excluding carboxylic acids is 2. The Morgan fingerprint density at radius 1 is 1.21 bits per heavy atom. The molecule has 1 amide bonds. The Hall–Kier alpha value is -1.21. The Morgan fingerprint density at radius 2 is 1.71 bits per heavy atom. The van der Waals surface area contributed by atoms with Crippen molar-refractivity contribution < 1.29 is 31.5 Å². The number of hydrogen-bond acceptors (Lipinski definition) is 2. The maximum absolute atomic E-state index is 11.5. The summed E-state index contributed by atoms with van der Waals surface area (Å²) in [6.07, 6.45) is -9.11. The normalized spacial score (nSPS) is 11.6. The Kier molecular flexibility index (Phi) is 4.45. The first kappa shape index (κ1) is 12.8. The zero-order chi connectivity index (χ0) is 11.4. The highest BCUT2D eigenvalue weighted by Gasteiger charge is 2.38. The van der Waals surface area contributed by atoms with Gasteiger partial charge in [0.1, 0.15) is 0 Å². The Labute approximate surface area is 75.3 Å². The molecule has 0 heterocycles. The molecule has 0 aliphatic carbocycles. The van der Waals surface area contributed by atoms with Gasteiger partial charge in [-0.15, -0.1) is 0 Å². The van der Waals surface area contributed by atoms with Gasteiger partial charge in [0, 0.05) is 13.0 Å². The lowest BCUT2D eigenvalue weighted by atomic mass is 10.3. The molecule has 0 bridgehead atoms. The summed E-state index contributed by atoms with van der Waals surface area (Å²) in [6, 6.07) is 0. The van der Waals surface area contributed by atoms with Crippen LogP contribution in [0.5, 0.6) is 0 Å². The number of hydrogen-bond donors (Lipinski definition) is 1. The number of ketones is 1. The first-order valence-electron chi connectivity index (χ1n) is 3.41. The van der Waals surface area contributed by atoms with Gasteiger partial charge in [0.05, 0.1) is 0 Å². The van der Waals surface area contributed by atoms with Gasteiger partial charge < -0.3 is 5.32 Å². The van der Waals surface area contributed by atoms with Crippen molar-refractivity contribution in [2.45, 2.75) is 19.0 Å². The molecule has 0 aliphatic heterocycles. The summed E-state index contributed by atoms with van der Waals surface area (Å²) >= 11 is 0. The SMILES string of the molecule is O=C(CCNC(=O)C(F)(F)F)C(F)F. The van der Waals surface area contributed by atoms with Gasteiger partial charge in [-0.1, -0.05) is 0 Å². The second-order valence-electron chi connectivity index (χ2n) is 2.27. The predicted octanol–water partition coefficient (Wildman–Crippen LogP) is 0.889. The van der Waals surface area contributed by atoms with Crippen molar-refractivity contribution >= 4 is 11.7 Å². The van der Waals surface area contributed by atoms with Crippen molar-refractivity contribution in [3.05, 3.63) is 0 Å². The lowest BCUT2D eigenvalue weighted by molar-refractivity contribution is -0.173. The molecule has 0 aromatic carbocycles. The van der Waals surface area contributed by atoms with Crippen molar-refractivity contribution in [2.24, 2.45) is 0 Å². The smallest absolute Gasteiger partial charge is 0.348 e. The van der Waals surface area contributed by atoms with Crippen LogP contribution in [0.1, 0.15) is 6.42 Å². The molecule has 0 aromatic heterocycles. The number of alkyl halides is 5. The van der Waals surface area contributed by atoms with Gasteiger partial charge in [0.2, 0.25) is 5.78 Å². The van der Waals surface area contributed by atoms with Crippen molar-refractivity contribution in [1.82, 2.24) is 5.32 Å². The van der Waals surface area contributed by atoms with Crippen LogP contribution in [0.3, 0.4) is 0 Å². The van der Waals surface area contributed by atoms with Crippen LogP contribution in [0.25, 0.3) is 0 Å². The van der Waals surface area contributed by atoms with Crippen LogP contribution in [0.15, 0.2) is 0 Å². The molecule has 0 atom stereocenters. The van der Waals surface area contributed by atoms with Gasteiger partial charge in [-0.3, -0.25) is 9.59 Å². The number of nitrogens with one attached hydrogen (secondary N) is 1. The van der Waals surface area contributed by atoms with Gasteiger partial charge in [-0.25, -0.2) is 8.78 Å². The minimum atomic E-state index is -5.06. The summed E-state index contributed by atoms with van der Waals surface area (Å²) in [4.78, 5) is 20.3. The third kappa shape index (κ3) is 4.73. The van der Waals surface area contributed by atoms with Crippen LogP contribution < -0.4 is 5.32 Å². The summed E-state index contributed by atoms with van der Waals surface area (Å²) in [6.45, 7) is -0.748. The van der Waals surface area contributed by atoms with Crippen molar-refractivity contribution in [1.29, 1.82) is 0 Å². The first-order chi connectivity index (χ1) is 6.25. The number of Topliss-reactive ketones (excluding diaryl/α,β-unsaturated/α-hetero) is 1. The molecule has 82 valence electrons. The maximum atomic E-state index is 11.5. The first-order valence-corrected chi connectivity index (χ1v) is 3.41. The molecule has 0 radical (unpaired) electrons. The molecule has 8 heteroatoms. The standard InChI is InChI=1S/C6H6F5NO2/c7-4(8)3(13)1-2-12-5(14)6(9,10)11/h4H,1-2H2,(H,12,14). The van der Waals surface area contributed by atoms with E-state index in [2.05, 4.69) is 0 Å². The number of carbonyl (C=O) groups is 2. The number of halogens is 5. The minimum Gasteiger partial charge on any atom is -0.348 e. The molecule has 0 saturated heterocycles. The highest BCUT2D eigenvalue weighted by molar-refractivity contribution is 5.84. The summed E-state index contributed by atoms with van der Waals surface area (Å²) in [5.74, 6) is -3.76. The predicted molar refractivity (Wildman–Crippen MR) is 34.7 cm³/mol. The third-order valence-corrected chi connectivity index (χ3v) is 1.16. The monoisotopic (exact) mass is 219 g/mol. The Bertz CT molecular complexity index is 225. The molecule has 3 nitrogen and oxygen atoms in total. The van der Waals surface area contributed by atoms with Gasteiger partial charge in [0.15, 0.2) is 0 Å². The molecule has 14 heavy (non-hydrogen) atoms. The molecule has 1 N–H and O–H groups in total. The van der Waals surface area contributed by atoms with E-state index >= 15 is 0 Å². The quantitative estimate of drug-likeness (QED) is 0.713. The van der Waals surface area contributed by atoms with Crippen molar-refractivity contribution in [3.8, 4) is 0 Å². The van der Waals surface area contributed by atoms with E-state index in [0.717, 1.165) is 0 Å². The van der Waals surface area contributed by atoms with E-state index < -0.39 is 37.3 Å². The lowest BCUT2D eigenvalue weighted by Gasteiger charge is -2.06. The fourth-order valence-electron chi connectivity index (χ4n) is 0.509. The molecular weight excluding hydrogens is 213 g/mol. The van der Waals surface area contributed by atoms with Gasteiger partial charge in [-0.05, 0) is 0 Å². The summed E-state index contributed by atoms with van der Waals surface area (Å²) in [5.41, 5.74) is 0. The number of amides is 1.